The molecule has 2 aromatic rings. The maximum absolute atomic E-state index is 13.6. The molecule has 0 aromatic heterocycles. The molecule has 0 saturated carbocycles. The Balaban J connectivity index is 2.51. The Bertz CT molecular complexity index is 741. The van der Waals surface area contributed by atoms with E-state index in [-0.39, 0.29) is 16.4 Å². The molecule has 0 bridgehead atoms. The van der Waals surface area contributed by atoms with E-state index in [9.17, 15) is 14.5 Å². The van der Waals surface area contributed by atoms with Crippen LogP contribution < -0.4 is 4.90 Å². The number of hydrogen-bond acceptors (Lipinski definition) is 4. The summed E-state index contributed by atoms with van der Waals surface area (Å²) in [6.45, 7) is 0. The zero-order valence-corrected chi connectivity index (χ0v) is 11.6. The van der Waals surface area contributed by atoms with Gasteiger partial charge >= 0.3 is 0 Å². The molecule has 0 aliphatic rings. The zero-order chi connectivity index (χ0) is 15.6. The molecule has 0 radical (unpaired) electrons. The van der Waals surface area contributed by atoms with E-state index >= 15 is 0 Å². The maximum Gasteiger partial charge on any atom is 0.294 e. The first-order chi connectivity index (χ1) is 9.93. The third-order valence-electron chi connectivity index (χ3n) is 2.96. The van der Waals surface area contributed by atoms with E-state index < -0.39 is 10.7 Å². The van der Waals surface area contributed by atoms with E-state index in [4.69, 9.17) is 16.9 Å². The van der Waals surface area contributed by atoms with Gasteiger partial charge in [-0.25, -0.2) is 4.39 Å². The van der Waals surface area contributed by atoms with Crippen LogP contribution in [0, 0.1) is 27.3 Å². The van der Waals surface area contributed by atoms with Crippen molar-refractivity contribution < 1.29 is 9.31 Å². The standard InChI is InChI=1S/C14H9ClFN3O2/c1-18(10-4-2-9(8-17)3-5-10)13-7-12(16)11(15)6-14(13)19(20)21/h2-7H,1H3. The fourth-order valence-corrected chi connectivity index (χ4v) is 2.00. The zero-order valence-electron chi connectivity index (χ0n) is 10.9. The minimum absolute atomic E-state index is 0.0756. The van der Waals surface area contributed by atoms with Gasteiger partial charge in [-0.05, 0) is 24.3 Å². The lowest BCUT2D eigenvalue weighted by Crippen LogP contribution is -2.12. The lowest BCUT2D eigenvalue weighted by Gasteiger charge is -2.19. The number of nitro benzene ring substituents is 1. The normalized spacial score (nSPS) is 10.0. The Morgan fingerprint density at radius 2 is 1.95 bits per heavy atom. The van der Waals surface area contributed by atoms with E-state index in [2.05, 4.69) is 0 Å². The van der Waals surface area contributed by atoms with Gasteiger partial charge in [0.25, 0.3) is 5.69 Å². The minimum Gasteiger partial charge on any atom is -0.339 e. The fraction of sp³-hybridized carbons (Fsp3) is 0.0714. The Kier molecular flexibility index (Phi) is 4.05. The van der Waals surface area contributed by atoms with Crippen LogP contribution in [0.15, 0.2) is 36.4 Å². The van der Waals surface area contributed by atoms with Gasteiger partial charge in [-0.1, -0.05) is 11.6 Å². The Labute approximate surface area is 124 Å². The highest BCUT2D eigenvalue weighted by atomic mass is 35.5. The summed E-state index contributed by atoms with van der Waals surface area (Å²) in [5.41, 5.74) is 0.822. The van der Waals surface area contributed by atoms with Crippen LogP contribution in [-0.4, -0.2) is 12.0 Å². The first kappa shape index (κ1) is 14.8. The van der Waals surface area contributed by atoms with Crippen LogP contribution in [0.1, 0.15) is 5.56 Å². The third kappa shape index (κ3) is 2.93. The average molecular weight is 306 g/mol. The molecule has 7 heteroatoms. The summed E-state index contributed by atoms with van der Waals surface area (Å²) >= 11 is 5.59. The second-order valence-corrected chi connectivity index (χ2v) is 4.64. The molecule has 0 atom stereocenters. The predicted octanol–water partition coefficient (Wildman–Crippen LogP) is 4.03. The number of halogens is 2. The van der Waals surface area contributed by atoms with Crippen LogP contribution in [0.4, 0.5) is 21.5 Å². The van der Waals surface area contributed by atoms with E-state index in [1.54, 1.807) is 31.3 Å². The van der Waals surface area contributed by atoms with E-state index in [1.165, 1.54) is 4.90 Å². The van der Waals surface area contributed by atoms with Gasteiger partial charge in [0.1, 0.15) is 11.5 Å². The summed E-state index contributed by atoms with van der Waals surface area (Å²) < 4.78 is 13.6. The number of nitriles is 1. The topological polar surface area (TPSA) is 70.2 Å². The largest absolute Gasteiger partial charge is 0.339 e. The average Bonchev–Trinajstić information content (AvgIpc) is 2.48. The van der Waals surface area contributed by atoms with Crippen molar-refractivity contribution in [3.05, 3.63) is 62.9 Å². The predicted molar refractivity (Wildman–Crippen MR) is 77.3 cm³/mol. The van der Waals surface area contributed by atoms with Crippen molar-refractivity contribution in [2.75, 3.05) is 11.9 Å². The van der Waals surface area contributed by atoms with E-state index in [0.29, 0.717) is 11.3 Å². The number of rotatable bonds is 3. The third-order valence-corrected chi connectivity index (χ3v) is 3.25. The molecule has 0 spiro atoms. The number of nitrogens with zero attached hydrogens (tertiary/aromatic N) is 3. The molecule has 0 heterocycles. The van der Waals surface area contributed by atoms with Gasteiger partial charge < -0.3 is 4.90 Å². The molecule has 0 amide bonds. The van der Waals surface area contributed by atoms with Crippen LogP contribution in [0.25, 0.3) is 0 Å². The molecular formula is C14H9ClFN3O2. The van der Waals surface area contributed by atoms with Crippen LogP contribution in [0.5, 0.6) is 0 Å². The van der Waals surface area contributed by atoms with Crippen LogP contribution in [-0.2, 0) is 0 Å². The molecule has 0 N–H and O–H groups in total. The monoisotopic (exact) mass is 305 g/mol. The molecular weight excluding hydrogens is 297 g/mol. The van der Waals surface area contributed by atoms with Crippen molar-refractivity contribution in [1.82, 2.24) is 0 Å². The van der Waals surface area contributed by atoms with E-state index in [0.717, 1.165) is 12.1 Å². The lowest BCUT2D eigenvalue weighted by atomic mass is 10.2. The first-order valence-corrected chi connectivity index (χ1v) is 6.19. The lowest BCUT2D eigenvalue weighted by molar-refractivity contribution is -0.384. The number of benzene rings is 2. The summed E-state index contributed by atoms with van der Waals surface area (Å²) in [5.74, 6) is -0.738. The van der Waals surface area contributed by atoms with Crippen molar-refractivity contribution in [1.29, 1.82) is 5.26 Å². The second-order valence-electron chi connectivity index (χ2n) is 4.23. The smallest absolute Gasteiger partial charge is 0.294 e. The molecule has 0 saturated heterocycles. The molecule has 0 fully saturated rings. The summed E-state index contributed by atoms with van der Waals surface area (Å²) in [6.07, 6.45) is 0. The van der Waals surface area contributed by atoms with Crippen LogP contribution in [0.3, 0.4) is 0 Å². The maximum atomic E-state index is 13.6. The SMILES string of the molecule is CN(c1ccc(C#N)cc1)c1cc(F)c(Cl)cc1[N+](=O)[O-]. The van der Waals surface area contributed by atoms with Crippen LogP contribution >= 0.6 is 11.6 Å². The first-order valence-electron chi connectivity index (χ1n) is 5.81. The van der Waals surface area contributed by atoms with Gasteiger partial charge in [0.15, 0.2) is 0 Å². The number of hydrogen-bond donors (Lipinski definition) is 0. The molecule has 2 aromatic carbocycles. The number of nitro groups is 1. The number of anilines is 2. The minimum atomic E-state index is -0.738. The van der Waals surface area contributed by atoms with Crippen LogP contribution in [0.2, 0.25) is 5.02 Å². The van der Waals surface area contributed by atoms with Gasteiger partial charge in [-0.15, -0.1) is 0 Å². The summed E-state index contributed by atoms with van der Waals surface area (Å²) in [5, 5.41) is 19.5. The Morgan fingerprint density at radius 3 is 2.48 bits per heavy atom. The summed E-state index contributed by atoms with van der Waals surface area (Å²) in [7, 11) is 1.57. The second kappa shape index (κ2) is 5.77. The molecule has 5 nitrogen and oxygen atoms in total. The Morgan fingerprint density at radius 1 is 1.33 bits per heavy atom. The molecule has 21 heavy (non-hydrogen) atoms. The fourth-order valence-electron chi connectivity index (χ4n) is 1.84. The quantitative estimate of drug-likeness (QED) is 0.634. The van der Waals surface area contributed by atoms with E-state index in [1.807, 2.05) is 6.07 Å². The van der Waals surface area contributed by atoms with Gasteiger partial charge in [0.2, 0.25) is 0 Å². The molecule has 0 aliphatic heterocycles. The highest BCUT2D eigenvalue weighted by Crippen LogP contribution is 2.36. The Hall–Kier alpha value is -2.65. The highest BCUT2D eigenvalue weighted by Gasteiger charge is 2.21. The van der Waals surface area contributed by atoms with Crippen molar-refractivity contribution in [3.8, 4) is 6.07 Å². The molecule has 0 aliphatic carbocycles. The molecule has 0 unspecified atom stereocenters. The van der Waals surface area contributed by atoms with Gasteiger partial charge in [0, 0.05) is 24.9 Å². The van der Waals surface area contributed by atoms with Gasteiger partial charge in [0.05, 0.1) is 21.6 Å². The van der Waals surface area contributed by atoms with Crippen molar-refractivity contribution >= 4 is 28.7 Å². The van der Waals surface area contributed by atoms with Crippen molar-refractivity contribution in [3.63, 3.8) is 0 Å². The van der Waals surface area contributed by atoms with Gasteiger partial charge in [-0.2, -0.15) is 5.26 Å². The van der Waals surface area contributed by atoms with Gasteiger partial charge in [-0.3, -0.25) is 10.1 Å². The summed E-state index contributed by atoms with van der Waals surface area (Å²) in [6, 6.07) is 10.4. The van der Waals surface area contributed by atoms with Crippen molar-refractivity contribution in [2.24, 2.45) is 0 Å². The van der Waals surface area contributed by atoms with Crippen molar-refractivity contribution in [2.45, 2.75) is 0 Å². The highest BCUT2D eigenvalue weighted by molar-refractivity contribution is 6.31. The summed E-state index contributed by atoms with van der Waals surface area (Å²) in [4.78, 5) is 11.9. The molecule has 2 rings (SSSR count). The molecule has 106 valence electrons.